The van der Waals surface area contributed by atoms with Crippen LogP contribution in [0.2, 0.25) is 0 Å². The summed E-state index contributed by atoms with van der Waals surface area (Å²) in [5.41, 5.74) is 2.74. The Labute approximate surface area is 121 Å². The fraction of sp³-hybridized carbons (Fsp3) is 0.250. The lowest BCUT2D eigenvalue weighted by Gasteiger charge is -1.93. The lowest BCUT2D eigenvalue weighted by atomic mass is 10.2. The first kappa shape index (κ1) is 15.2. The molecule has 0 aliphatic carbocycles. The van der Waals surface area contributed by atoms with Gasteiger partial charge in [0.2, 0.25) is 0 Å². The number of rotatable bonds is 4. The Bertz CT molecular complexity index is 356. The van der Waals surface area contributed by atoms with E-state index >= 15 is 0 Å². The molecule has 2 rings (SSSR count). The van der Waals surface area contributed by atoms with Gasteiger partial charge in [0.05, 0.1) is 0 Å². The number of hydrogen-bond donors (Lipinski definition) is 2. The van der Waals surface area contributed by atoms with Gasteiger partial charge in [0.1, 0.15) is 0 Å². The van der Waals surface area contributed by atoms with Gasteiger partial charge >= 0.3 is 0 Å². The minimum Gasteiger partial charge on any atom is -0.179 e. The quantitative estimate of drug-likeness (QED) is 0.764. The Balaban J connectivity index is 0.000000180. The number of thiol groups is 2. The van der Waals surface area contributed by atoms with Gasteiger partial charge in [0.25, 0.3) is 0 Å². The van der Waals surface area contributed by atoms with Gasteiger partial charge < -0.3 is 0 Å². The predicted octanol–water partition coefficient (Wildman–Crippen LogP) is 4.32. The van der Waals surface area contributed by atoms with Gasteiger partial charge in [-0.1, -0.05) is 60.7 Å². The van der Waals surface area contributed by atoms with E-state index in [-0.39, 0.29) is 0 Å². The van der Waals surface area contributed by atoms with Crippen LogP contribution in [0.15, 0.2) is 60.7 Å². The van der Waals surface area contributed by atoms with Crippen LogP contribution in [0.3, 0.4) is 0 Å². The van der Waals surface area contributed by atoms with E-state index in [0.717, 1.165) is 24.3 Å². The highest BCUT2D eigenvalue weighted by molar-refractivity contribution is 7.80. The Morgan fingerprint density at radius 2 is 0.889 bits per heavy atom. The first-order valence-corrected chi connectivity index (χ1v) is 7.43. The first-order chi connectivity index (χ1) is 8.86. The molecule has 2 aromatic carbocycles. The Morgan fingerprint density at radius 3 is 1.17 bits per heavy atom. The van der Waals surface area contributed by atoms with Crippen molar-refractivity contribution < 1.29 is 0 Å². The van der Waals surface area contributed by atoms with Crippen molar-refractivity contribution in [2.75, 3.05) is 11.5 Å². The highest BCUT2D eigenvalue weighted by Gasteiger charge is 1.85. The van der Waals surface area contributed by atoms with Crippen LogP contribution in [-0.4, -0.2) is 11.5 Å². The fourth-order valence-electron chi connectivity index (χ4n) is 1.55. The molecule has 0 heterocycles. The van der Waals surface area contributed by atoms with E-state index in [4.69, 9.17) is 0 Å². The number of aryl methyl sites for hydroxylation is 2. The third-order valence-corrected chi connectivity index (χ3v) is 2.93. The summed E-state index contributed by atoms with van der Waals surface area (Å²) in [5.74, 6) is 1.87. The molecule has 18 heavy (non-hydrogen) atoms. The summed E-state index contributed by atoms with van der Waals surface area (Å²) in [6.07, 6.45) is 2.15. The zero-order chi connectivity index (χ0) is 13.1. The lowest BCUT2D eigenvalue weighted by molar-refractivity contribution is 1.16. The van der Waals surface area contributed by atoms with Crippen molar-refractivity contribution in [1.29, 1.82) is 0 Å². The summed E-state index contributed by atoms with van der Waals surface area (Å²) < 4.78 is 0. The summed E-state index contributed by atoms with van der Waals surface area (Å²) in [6.45, 7) is 0. The van der Waals surface area contributed by atoms with Crippen molar-refractivity contribution in [2.24, 2.45) is 0 Å². The van der Waals surface area contributed by atoms with Crippen molar-refractivity contribution in [1.82, 2.24) is 0 Å². The van der Waals surface area contributed by atoms with Crippen LogP contribution in [0.1, 0.15) is 11.1 Å². The first-order valence-electron chi connectivity index (χ1n) is 6.16. The summed E-state index contributed by atoms with van der Waals surface area (Å²) in [4.78, 5) is 0. The molecule has 0 N–H and O–H groups in total. The lowest BCUT2D eigenvalue weighted by Crippen LogP contribution is -1.82. The van der Waals surface area contributed by atoms with Crippen molar-refractivity contribution in [3.05, 3.63) is 71.8 Å². The van der Waals surface area contributed by atoms with Gasteiger partial charge in [-0.2, -0.15) is 25.3 Å². The van der Waals surface area contributed by atoms with E-state index in [1.54, 1.807) is 0 Å². The van der Waals surface area contributed by atoms with E-state index in [1.807, 2.05) is 12.1 Å². The molecule has 2 aromatic rings. The highest BCUT2D eigenvalue weighted by atomic mass is 32.1. The molecule has 96 valence electrons. The number of hydrogen-bond acceptors (Lipinski definition) is 2. The zero-order valence-corrected chi connectivity index (χ0v) is 12.3. The molecule has 0 atom stereocenters. The van der Waals surface area contributed by atoms with E-state index in [9.17, 15) is 0 Å². The van der Waals surface area contributed by atoms with Crippen molar-refractivity contribution >= 4 is 25.3 Å². The molecule has 2 heteroatoms. The molecule has 0 saturated carbocycles. The molecule has 0 saturated heterocycles. The van der Waals surface area contributed by atoms with Crippen molar-refractivity contribution in [3.63, 3.8) is 0 Å². The van der Waals surface area contributed by atoms with Crippen LogP contribution in [0.5, 0.6) is 0 Å². The molecular weight excluding hydrogens is 256 g/mol. The summed E-state index contributed by atoms with van der Waals surface area (Å²) >= 11 is 8.26. The Kier molecular flexibility index (Phi) is 8.53. The van der Waals surface area contributed by atoms with Gasteiger partial charge in [-0.05, 0) is 35.5 Å². The van der Waals surface area contributed by atoms with Crippen LogP contribution < -0.4 is 0 Å². The molecule has 0 nitrogen and oxygen atoms in total. The summed E-state index contributed by atoms with van der Waals surface area (Å²) in [6, 6.07) is 20.8. The monoisotopic (exact) mass is 276 g/mol. The third kappa shape index (κ3) is 6.77. The Morgan fingerprint density at radius 1 is 0.556 bits per heavy atom. The van der Waals surface area contributed by atoms with Gasteiger partial charge in [0.15, 0.2) is 0 Å². The van der Waals surface area contributed by atoms with E-state index < -0.39 is 0 Å². The summed E-state index contributed by atoms with van der Waals surface area (Å²) in [5, 5.41) is 0. The zero-order valence-electron chi connectivity index (χ0n) is 10.5. The second-order valence-corrected chi connectivity index (χ2v) is 4.81. The molecule has 0 fully saturated rings. The Hall–Kier alpha value is -0.860. The minimum absolute atomic E-state index is 0.935. The molecule has 0 spiro atoms. The fourth-order valence-corrected chi connectivity index (χ4v) is 2.06. The SMILES string of the molecule is SCCc1ccccc1.SCCc1ccccc1. The van der Waals surface area contributed by atoms with Gasteiger partial charge in [0, 0.05) is 0 Å². The maximum Gasteiger partial charge on any atom is -0.00574 e. The van der Waals surface area contributed by atoms with E-state index in [0.29, 0.717) is 0 Å². The average molecular weight is 276 g/mol. The molecule has 0 unspecified atom stereocenters. The minimum atomic E-state index is 0.935. The number of benzene rings is 2. The molecule has 0 radical (unpaired) electrons. The van der Waals surface area contributed by atoms with E-state index in [1.165, 1.54) is 11.1 Å². The van der Waals surface area contributed by atoms with Crippen LogP contribution in [0, 0.1) is 0 Å². The molecule has 0 bridgehead atoms. The average Bonchev–Trinajstić information content (AvgIpc) is 2.43. The molecule has 0 aliphatic heterocycles. The molecular formula is C16H20S2. The summed E-state index contributed by atoms with van der Waals surface area (Å²) in [7, 11) is 0. The largest absolute Gasteiger partial charge is 0.179 e. The van der Waals surface area contributed by atoms with Crippen LogP contribution in [0.4, 0.5) is 0 Å². The van der Waals surface area contributed by atoms with Crippen molar-refractivity contribution in [3.8, 4) is 0 Å². The molecule has 0 amide bonds. The van der Waals surface area contributed by atoms with Crippen molar-refractivity contribution in [2.45, 2.75) is 12.8 Å². The molecule has 0 aliphatic rings. The molecule has 0 aromatic heterocycles. The van der Waals surface area contributed by atoms with E-state index in [2.05, 4.69) is 73.8 Å². The highest BCUT2D eigenvalue weighted by Crippen LogP contribution is 2.00. The van der Waals surface area contributed by atoms with Gasteiger partial charge in [-0.3, -0.25) is 0 Å². The van der Waals surface area contributed by atoms with Crippen LogP contribution in [-0.2, 0) is 12.8 Å². The van der Waals surface area contributed by atoms with Gasteiger partial charge in [-0.25, -0.2) is 0 Å². The van der Waals surface area contributed by atoms with Gasteiger partial charge in [-0.15, -0.1) is 0 Å². The van der Waals surface area contributed by atoms with Crippen LogP contribution >= 0.6 is 25.3 Å². The standard InChI is InChI=1S/2C8H10S/c2*9-7-6-8-4-2-1-3-5-8/h2*1-5,9H,6-7H2. The second kappa shape index (κ2) is 10.1. The topological polar surface area (TPSA) is 0 Å². The maximum atomic E-state index is 4.13. The third-order valence-electron chi connectivity index (χ3n) is 2.49. The maximum absolute atomic E-state index is 4.13. The normalized spacial score (nSPS) is 9.44. The predicted molar refractivity (Wildman–Crippen MR) is 88.0 cm³/mol. The smallest absolute Gasteiger partial charge is 0.00574 e. The van der Waals surface area contributed by atoms with Crippen LogP contribution in [0.25, 0.3) is 0 Å². The second-order valence-electron chi connectivity index (χ2n) is 3.92.